The highest BCUT2D eigenvalue weighted by molar-refractivity contribution is 8.00. The Bertz CT molecular complexity index is 861. The average molecular weight is 430 g/mol. The molecule has 1 amide bonds. The summed E-state index contributed by atoms with van der Waals surface area (Å²) in [4.78, 5) is 37.1. The second-order valence-electron chi connectivity index (χ2n) is 7.55. The van der Waals surface area contributed by atoms with Crippen LogP contribution in [-0.2, 0) is 14.3 Å². The van der Waals surface area contributed by atoms with E-state index in [1.54, 1.807) is 45.0 Å². The number of esters is 1. The molecule has 0 spiro atoms. The highest BCUT2D eigenvalue weighted by Gasteiger charge is 2.23. The number of amides is 1. The minimum atomic E-state index is -0.577. The van der Waals surface area contributed by atoms with Gasteiger partial charge in [0.2, 0.25) is 5.91 Å². The Morgan fingerprint density at radius 1 is 0.967 bits per heavy atom. The molecule has 0 aliphatic heterocycles. The molecule has 30 heavy (non-hydrogen) atoms. The second kappa shape index (κ2) is 11.4. The van der Waals surface area contributed by atoms with Crippen molar-refractivity contribution >= 4 is 29.4 Å². The molecule has 2 rings (SSSR count). The van der Waals surface area contributed by atoms with Crippen LogP contribution in [0.25, 0.3) is 0 Å². The van der Waals surface area contributed by atoms with Crippen LogP contribution >= 0.6 is 11.8 Å². The standard InChI is InChI=1S/C23H27NO5S/c1-23(2,3)20(25)15-29-22(27)18-11-7-8-12-19(18)30-16-21(26)24-13-14-28-17-9-5-4-6-10-17/h4-12H,13-16H2,1-3H3,(H,24,26). The summed E-state index contributed by atoms with van der Waals surface area (Å²) in [6, 6.07) is 16.2. The molecule has 160 valence electrons. The Labute approximate surface area is 181 Å². The summed E-state index contributed by atoms with van der Waals surface area (Å²) in [6.45, 7) is 5.80. The summed E-state index contributed by atoms with van der Waals surface area (Å²) in [5, 5.41) is 2.78. The molecule has 0 saturated carbocycles. The van der Waals surface area contributed by atoms with Crippen molar-refractivity contribution in [3.05, 3.63) is 60.2 Å². The molecule has 0 unspecified atom stereocenters. The molecule has 2 aromatic rings. The Hall–Kier alpha value is -2.80. The molecule has 0 bridgehead atoms. The number of carbonyl (C=O) groups excluding carboxylic acids is 3. The van der Waals surface area contributed by atoms with Gasteiger partial charge in [0.15, 0.2) is 12.4 Å². The van der Waals surface area contributed by atoms with Gasteiger partial charge in [-0.2, -0.15) is 0 Å². The van der Waals surface area contributed by atoms with Gasteiger partial charge in [-0.15, -0.1) is 11.8 Å². The van der Waals surface area contributed by atoms with Gasteiger partial charge >= 0.3 is 5.97 Å². The van der Waals surface area contributed by atoms with Crippen LogP contribution in [0.3, 0.4) is 0 Å². The molecule has 2 aromatic carbocycles. The van der Waals surface area contributed by atoms with Crippen molar-refractivity contribution in [1.29, 1.82) is 0 Å². The monoisotopic (exact) mass is 429 g/mol. The van der Waals surface area contributed by atoms with Gasteiger partial charge < -0.3 is 14.8 Å². The Balaban J connectivity index is 1.79. The number of hydrogen-bond acceptors (Lipinski definition) is 6. The van der Waals surface area contributed by atoms with E-state index in [1.165, 1.54) is 11.8 Å². The first kappa shape index (κ1) is 23.5. The molecule has 0 aliphatic carbocycles. The predicted molar refractivity (Wildman–Crippen MR) is 117 cm³/mol. The van der Waals surface area contributed by atoms with Gasteiger partial charge in [-0.3, -0.25) is 9.59 Å². The smallest absolute Gasteiger partial charge is 0.339 e. The normalized spacial score (nSPS) is 10.9. The van der Waals surface area contributed by atoms with Crippen molar-refractivity contribution in [2.24, 2.45) is 5.41 Å². The Kier molecular flexibility index (Phi) is 8.92. The third kappa shape index (κ3) is 7.91. The largest absolute Gasteiger partial charge is 0.492 e. The van der Waals surface area contributed by atoms with E-state index in [-0.39, 0.29) is 24.1 Å². The topological polar surface area (TPSA) is 81.7 Å². The van der Waals surface area contributed by atoms with Gasteiger partial charge in [0.1, 0.15) is 12.4 Å². The third-order valence-corrected chi connectivity index (χ3v) is 5.15. The summed E-state index contributed by atoms with van der Waals surface area (Å²) in [6.07, 6.45) is 0. The number of ketones is 1. The lowest BCUT2D eigenvalue weighted by atomic mass is 9.91. The third-order valence-electron chi connectivity index (χ3n) is 4.07. The average Bonchev–Trinajstić information content (AvgIpc) is 2.73. The molecule has 0 aromatic heterocycles. The van der Waals surface area contributed by atoms with E-state index >= 15 is 0 Å². The van der Waals surface area contributed by atoms with Gasteiger partial charge in [-0.1, -0.05) is 51.1 Å². The van der Waals surface area contributed by atoms with Crippen molar-refractivity contribution < 1.29 is 23.9 Å². The van der Waals surface area contributed by atoms with E-state index in [4.69, 9.17) is 9.47 Å². The van der Waals surface area contributed by atoms with E-state index in [1.807, 2.05) is 30.3 Å². The molecular weight excluding hydrogens is 402 g/mol. The lowest BCUT2D eigenvalue weighted by Gasteiger charge is -2.16. The minimum Gasteiger partial charge on any atom is -0.492 e. The molecule has 6 nitrogen and oxygen atoms in total. The number of hydrogen-bond donors (Lipinski definition) is 1. The van der Waals surface area contributed by atoms with Gasteiger partial charge in [0, 0.05) is 10.3 Å². The highest BCUT2D eigenvalue weighted by atomic mass is 32.2. The van der Waals surface area contributed by atoms with E-state index in [0.29, 0.717) is 23.6 Å². The molecule has 0 atom stereocenters. The number of Topliss-reactive ketones (excluding diaryl/α,β-unsaturated/α-hetero) is 1. The summed E-state index contributed by atoms with van der Waals surface area (Å²) < 4.78 is 10.7. The van der Waals surface area contributed by atoms with Crippen LogP contribution in [0.1, 0.15) is 31.1 Å². The van der Waals surface area contributed by atoms with Crippen LogP contribution in [-0.4, -0.2) is 43.2 Å². The first-order valence-corrected chi connectivity index (χ1v) is 10.6. The lowest BCUT2D eigenvalue weighted by molar-refractivity contribution is -0.129. The fourth-order valence-corrected chi connectivity index (χ4v) is 3.13. The van der Waals surface area contributed by atoms with Crippen LogP contribution < -0.4 is 10.1 Å². The Morgan fingerprint density at radius 2 is 1.63 bits per heavy atom. The molecule has 0 radical (unpaired) electrons. The maximum atomic E-state index is 12.4. The minimum absolute atomic E-state index is 0.149. The Morgan fingerprint density at radius 3 is 2.33 bits per heavy atom. The first-order valence-electron chi connectivity index (χ1n) is 9.64. The molecule has 0 fully saturated rings. The van der Waals surface area contributed by atoms with Crippen LogP contribution in [0.4, 0.5) is 0 Å². The van der Waals surface area contributed by atoms with Crippen molar-refractivity contribution in [3.63, 3.8) is 0 Å². The zero-order valence-corrected chi connectivity index (χ0v) is 18.3. The van der Waals surface area contributed by atoms with Crippen molar-refractivity contribution in [2.45, 2.75) is 25.7 Å². The number of nitrogens with one attached hydrogen (secondary N) is 1. The van der Waals surface area contributed by atoms with E-state index in [0.717, 1.165) is 5.75 Å². The number of benzene rings is 2. The van der Waals surface area contributed by atoms with Crippen molar-refractivity contribution in [2.75, 3.05) is 25.5 Å². The van der Waals surface area contributed by atoms with Crippen LogP contribution in [0.2, 0.25) is 0 Å². The number of rotatable bonds is 10. The molecule has 7 heteroatoms. The quantitative estimate of drug-likeness (QED) is 0.352. The van der Waals surface area contributed by atoms with E-state index in [9.17, 15) is 14.4 Å². The fraction of sp³-hybridized carbons (Fsp3) is 0.348. The maximum Gasteiger partial charge on any atom is 0.339 e. The van der Waals surface area contributed by atoms with Gasteiger partial charge in [0.05, 0.1) is 17.9 Å². The number of carbonyl (C=O) groups is 3. The zero-order valence-electron chi connectivity index (χ0n) is 17.5. The second-order valence-corrected chi connectivity index (χ2v) is 8.56. The van der Waals surface area contributed by atoms with Gasteiger partial charge in [0.25, 0.3) is 0 Å². The molecular formula is C23H27NO5S. The number of para-hydroxylation sites is 1. The summed E-state index contributed by atoms with van der Waals surface area (Å²) >= 11 is 1.24. The molecule has 0 aliphatic rings. The SMILES string of the molecule is CC(C)(C)C(=O)COC(=O)c1ccccc1SCC(=O)NCCOc1ccccc1. The first-order chi connectivity index (χ1) is 14.3. The number of ether oxygens (including phenoxy) is 2. The van der Waals surface area contributed by atoms with E-state index in [2.05, 4.69) is 5.32 Å². The molecule has 1 N–H and O–H groups in total. The zero-order chi connectivity index (χ0) is 22.0. The van der Waals surface area contributed by atoms with Crippen molar-refractivity contribution in [3.8, 4) is 5.75 Å². The predicted octanol–water partition coefficient (Wildman–Crippen LogP) is 3.75. The van der Waals surface area contributed by atoms with Gasteiger partial charge in [-0.05, 0) is 24.3 Å². The summed E-state index contributed by atoms with van der Waals surface area (Å²) in [5.41, 5.74) is -0.235. The molecule has 0 heterocycles. The van der Waals surface area contributed by atoms with Crippen molar-refractivity contribution in [1.82, 2.24) is 5.32 Å². The van der Waals surface area contributed by atoms with E-state index < -0.39 is 11.4 Å². The highest BCUT2D eigenvalue weighted by Crippen LogP contribution is 2.23. The van der Waals surface area contributed by atoms with Crippen LogP contribution in [0.15, 0.2) is 59.5 Å². The summed E-state index contributed by atoms with van der Waals surface area (Å²) in [5.74, 6) is 0.00278. The maximum absolute atomic E-state index is 12.4. The fourth-order valence-electron chi connectivity index (χ4n) is 2.26. The number of thioether (sulfide) groups is 1. The van der Waals surface area contributed by atoms with Gasteiger partial charge in [-0.25, -0.2) is 4.79 Å². The molecule has 0 saturated heterocycles. The van der Waals surface area contributed by atoms with Crippen LogP contribution in [0, 0.1) is 5.41 Å². The summed E-state index contributed by atoms with van der Waals surface area (Å²) in [7, 11) is 0. The van der Waals surface area contributed by atoms with Crippen LogP contribution in [0.5, 0.6) is 5.75 Å². The lowest BCUT2D eigenvalue weighted by Crippen LogP contribution is -2.29.